The highest BCUT2D eigenvalue weighted by molar-refractivity contribution is 8.00. The molecule has 33 heavy (non-hydrogen) atoms. The van der Waals surface area contributed by atoms with Crippen LogP contribution in [0.25, 0.3) is 0 Å². The Morgan fingerprint density at radius 2 is 1.61 bits per heavy atom. The molecule has 0 radical (unpaired) electrons. The van der Waals surface area contributed by atoms with E-state index in [-0.39, 0.29) is 17.3 Å². The number of amides is 3. The zero-order valence-corrected chi connectivity index (χ0v) is 20.0. The van der Waals surface area contributed by atoms with Crippen LogP contribution in [0.3, 0.4) is 0 Å². The fourth-order valence-electron chi connectivity index (χ4n) is 4.28. The maximum absolute atomic E-state index is 13.0. The molecule has 1 saturated heterocycles. The van der Waals surface area contributed by atoms with Gasteiger partial charge in [-0.2, -0.15) is 0 Å². The number of hydrogen-bond donors (Lipinski definition) is 1. The fourth-order valence-corrected chi connectivity index (χ4v) is 6.62. The average molecular weight is 476 g/mol. The second-order valence-corrected chi connectivity index (χ2v) is 10.2. The Balaban J connectivity index is 1.24. The zero-order valence-electron chi connectivity index (χ0n) is 18.4. The summed E-state index contributed by atoms with van der Waals surface area (Å²) >= 11 is 3.29. The van der Waals surface area contributed by atoms with Crippen LogP contribution < -0.4 is 10.2 Å². The third kappa shape index (κ3) is 4.35. The van der Waals surface area contributed by atoms with Crippen molar-refractivity contribution >= 4 is 46.8 Å². The molecule has 2 aliphatic heterocycles. The molecule has 0 saturated carbocycles. The number of benzene rings is 3. The molecule has 0 bridgehead atoms. The standard InChI is InChI=1S/C26H25N3O2S2/c1-18-9-2-3-10-19(18)25-29(24(30)17-32-25)26(31)27-15-8-16-28-20-11-4-6-13-22(20)33-23-14-7-5-12-21(23)28/h2-7,9-14,25H,8,15-17H2,1H3,(H,27,31). The van der Waals surface area contributed by atoms with Gasteiger partial charge in [0.2, 0.25) is 5.91 Å². The lowest BCUT2D eigenvalue weighted by Gasteiger charge is -2.32. The van der Waals surface area contributed by atoms with Crippen molar-refractivity contribution in [2.75, 3.05) is 23.7 Å². The first-order chi connectivity index (χ1) is 16.1. The minimum atomic E-state index is -0.312. The summed E-state index contributed by atoms with van der Waals surface area (Å²) in [6.45, 7) is 3.29. The molecular weight excluding hydrogens is 450 g/mol. The summed E-state index contributed by atoms with van der Waals surface area (Å²) in [5, 5.41) is 2.72. The normalized spacial score (nSPS) is 17.0. The second kappa shape index (κ2) is 9.53. The Kier molecular flexibility index (Phi) is 6.33. The number of thioether (sulfide) groups is 1. The van der Waals surface area contributed by atoms with Gasteiger partial charge >= 0.3 is 6.03 Å². The maximum Gasteiger partial charge on any atom is 0.325 e. The number of nitrogens with one attached hydrogen (secondary N) is 1. The summed E-state index contributed by atoms with van der Waals surface area (Å²) in [7, 11) is 0. The first-order valence-electron chi connectivity index (χ1n) is 11.0. The lowest BCUT2D eigenvalue weighted by atomic mass is 10.1. The number of fused-ring (bicyclic) bond motifs is 2. The van der Waals surface area contributed by atoms with E-state index in [4.69, 9.17) is 0 Å². The number of rotatable bonds is 5. The molecule has 0 spiro atoms. The molecule has 3 aromatic rings. The number of urea groups is 1. The van der Waals surface area contributed by atoms with Gasteiger partial charge in [0.25, 0.3) is 0 Å². The number of aryl methyl sites for hydroxylation is 1. The van der Waals surface area contributed by atoms with Gasteiger partial charge in [-0.25, -0.2) is 9.69 Å². The number of para-hydroxylation sites is 2. The Bertz CT molecular complexity index is 1150. The van der Waals surface area contributed by atoms with Crippen LogP contribution >= 0.6 is 23.5 Å². The number of carbonyl (C=O) groups is 2. The highest BCUT2D eigenvalue weighted by Gasteiger charge is 2.38. The number of hydrogen-bond acceptors (Lipinski definition) is 5. The molecule has 0 aromatic heterocycles. The van der Waals surface area contributed by atoms with E-state index < -0.39 is 0 Å². The van der Waals surface area contributed by atoms with Crippen LogP contribution in [0.4, 0.5) is 16.2 Å². The van der Waals surface area contributed by atoms with Gasteiger partial charge < -0.3 is 10.2 Å². The zero-order chi connectivity index (χ0) is 22.8. The van der Waals surface area contributed by atoms with Gasteiger partial charge in [-0.05, 0) is 48.7 Å². The molecular formula is C26H25N3O2S2. The van der Waals surface area contributed by atoms with Crippen LogP contribution in [0.2, 0.25) is 0 Å². The van der Waals surface area contributed by atoms with Gasteiger partial charge in [-0.1, -0.05) is 60.3 Å². The molecule has 5 nitrogen and oxygen atoms in total. The van der Waals surface area contributed by atoms with Crippen LogP contribution in [0.1, 0.15) is 22.9 Å². The van der Waals surface area contributed by atoms with Gasteiger partial charge in [0, 0.05) is 22.9 Å². The molecule has 1 atom stereocenters. The predicted octanol–water partition coefficient (Wildman–Crippen LogP) is 5.97. The first-order valence-corrected chi connectivity index (χ1v) is 12.9. The van der Waals surface area contributed by atoms with Crippen LogP contribution in [0.5, 0.6) is 0 Å². The van der Waals surface area contributed by atoms with Crippen molar-refractivity contribution in [1.82, 2.24) is 10.2 Å². The van der Waals surface area contributed by atoms with Crippen molar-refractivity contribution in [1.29, 1.82) is 0 Å². The van der Waals surface area contributed by atoms with E-state index in [9.17, 15) is 9.59 Å². The van der Waals surface area contributed by atoms with Crippen LogP contribution in [-0.2, 0) is 4.79 Å². The summed E-state index contributed by atoms with van der Waals surface area (Å²) in [5.74, 6) is 0.187. The predicted molar refractivity (Wildman–Crippen MR) is 135 cm³/mol. The molecule has 0 aliphatic carbocycles. The quantitative estimate of drug-likeness (QED) is 0.461. The highest BCUT2D eigenvalue weighted by Crippen LogP contribution is 2.47. The molecule has 168 valence electrons. The summed E-state index contributed by atoms with van der Waals surface area (Å²) in [4.78, 5) is 31.6. The van der Waals surface area contributed by atoms with E-state index in [1.54, 1.807) is 11.8 Å². The minimum absolute atomic E-state index is 0.137. The van der Waals surface area contributed by atoms with E-state index in [1.807, 2.05) is 31.2 Å². The van der Waals surface area contributed by atoms with E-state index in [0.717, 1.165) is 24.1 Å². The number of anilines is 2. The summed E-state index contributed by atoms with van der Waals surface area (Å²) < 4.78 is 0. The number of imide groups is 1. The van der Waals surface area contributed by atoms with Crippen molar-refractivity contribution < 1.29 is 9.59 Å². The van der Waals surface area contributed by atoms with Crippen molar-refractivity contribution in [3.05, 3.63) is 83.9 Å². The topological polar surface area (TPSA) is 52.7 Å². The first kappa shape index (κ1) is 21.9. The van der Waals surface area contributed by atoms with Crippen LogP contribution in [0, 0.1) is 6.92 Å². The highest BCUT2D eigenvalue weighted by atomic mass is 32.2. The molecule has 1 fully saturated rings. The smallest absolute Gasteiger partial charge is 0.325 e. The van der Waals surface area contributed by atoms with Crippen molar-refractivity contribution in [2.45, 2.75) is 28.5 Å². The number of carbonyl (C=O) groups excluding carboxylic acids is 2. The molecule has 7 heteroatoms. The Morgan fingerprint density at radius 1 is 0.970 bits per heavy atom. The van der Waals surface area contributed by atoms with Crippen molar-refractivity contribution in [2.24, 2.45) is 0 Å². The molecule has 2 heterocycles. The Labute approximate surface area is 202 Å². The largest absolute Gasteiger partial charge is 0.340 e. The molecule has 2 aliphatic rings. The molecule has 3 aromatic carbocycles. The van der Waals surface area contributed by atoms with E-state index in [0.29, 0.717) is 12.3 Å². The van der Waals surface area contributed by atoms with Crippen molar-refractivity contribution in [3.8, 4) is 0 Å². The van der Waals surface area contributed by atoms with Crippen LogP contribution in [-0.4, -0.2) is 35.7 Å². The lowest BCUT2D eigenvalue weighted by molar-refractivity contribution is -0.125. The third-order valence-electron chi connectivity index (χ3n) is 5.91. The summed E-state index contributed by atoms with van der Waals surface area (Å²) in [5.41, 5.74) is 4.49. The molecule has 1 unspecified atom stereocenters. The fraction of sp³-hybridized carbons (Fsp3) is 0.231. The van der Waals surface area contributed by atoms with Gasteiger partial charge in [0.1, 0.15) is 5.37 Å². The third-order valence-corrected chi connectivity index (χ3v) is 8.23. The van der Waals surface area contributed by atoms with Gasteiger partial charge in [-0.3, -0.25) is 4.79 Å². The lowest BCUT2D eigenvalue weighted by Crippen LogP contribution is -2.43. The maximum atomic E-state index is 13.0. The minimum Gasteiger partial charge on any atom is -0.340 e. The Morgan fingerprint density at radius 3 is 2.30 bits per heavy atom. The molecule has 5 rings (SSSR count). The number of nitrogens with zero attached hydrogens (tertiary/aromatic N) is 2. The average Bonchev–Trinajstić information content (AvgIpc) is 3.22. The van der Waals surface area contributed by atoms with Gasteiger partial charge in [0.15, 0.2) is 0 Å². The van der Waals surface area contributed by atoms with E-state index in [2.05, 4.69) is 58.7 Å². The van der Waals surface area contributed by atoms with Crippen molar-refractivity contribution in [3.63, 3.8) is 0 Å². The molecule has 1 N–H and O–H groups in total. The molecule has 3 amide bonds. The summed E-state index contributed by atoms with van der Waals surface area (Å²) in [6, 6.07) is 24.4. The second-order valence-electron chi connectivity index (χ2n) is 8.06. The monoisotopic (exact) mass is 475 g/mol. The van der Waals surface area contributed by atoms with Gasteiger partial charge in [-0.15, -0.1) is 11.8 Å². The Hall–Kier alpha value is -2.90. The van der Waals surface area contributed by atoms with E-state index >= 15 is 0 Å². The summed E-state index contributed by atoms with van der Waals surface area (Å²) in [6.07, 6.45) is 0.767. The van der Waals surface area contributed by atoms with Gasteiger partial charge in [0.05, 0.1) is 17.1 Å². The SMILES string of the molecule is Cc1ccccc1C1SCC(=O)N1C(=O)NCCCN1c2ccccc2Sc2ccccc21. The van der Waals surface area contributed by atoms with Crippen LogP contribution in [0.15, 0.2) is 82.6 Å². The van der Waals surface area contributed by atoms with E-state index in [1.165, 1.54) is 37.8 Å².